The van der Waals surface area contributed by atoms with Crippen LogP contribution < -0.4 is 5.32 Å². The van der Waals surface area contributed by atoms with Crippen LogP contribution >= 0.6 is 34.8 Å². The van der Waals surface area contributed by atoms with E-state index in [2.05, 4.69) is 5.32 Å². The number of rotatable bonds is 3. The Balaban J connectivity index is 2.63. The molecule has 8 heteroatoms. The molecule has 0 aromatic rings. The second kappa shape index (κ2) is 6.85. The van der Waals surface area contributed by atoms with Gasteiger partial charge in [0, 0.05) is 13.1 Å². The van der Waals surface area contributed by atoms with Crippen molar-refractivity contribution in [3.8, 4) is 0 Å². The van der Waals surface area contributed by atoms with Gasteiger partial charge in [0.15, 0.2) is 0 Å². The van der Waals surface area contributed by atoms with Gasteiger partial charge in [0.05, 0.1) is 19.8 Å². The predicted molar refractivity (Wildman–Crippen MR) is 66.6 cm³/mol. The Bertz CT molecular complexity index is 254. The van der Waals surface area contributed by atoms with Gasteiger partial charge in [0.1, 0.15) is 6.17 Å². The van der Waals surface area contributed by atoms with Gasteiger partial charge in [-0.05, 0) is 6.92 Å². The second-order valence-corrected chi connectivity index (χ2v) is 5.83. The summed E-state index contributed by atoms with van der Waals surface area (Å²) in [6.07, 6.45) is -1.33. The van der Waals surface area contributed by atoms with E-state index in [1.54, 1.807) is 6.92 Å². The van der Waals surface area contributed by atoms with Crippen LogP contribution in [0.1, 0.15) is 6.92 Å². The summed E-state index contributed by atoms with van der Waals surface area (Å²) < 4.78 is 8.35. The predicted octanol–water partition coefficient (Wildman–Crippen LogP) is 1.76. The van der Waals surface area contributed by atoms with E-state index < -0.39 is 16.1 Å². The maximum atomic E-state index is 11.4. The van der Waals surface area contributed by atoms with Gasteiger partial charge in [0.2, 0.25) is 3.79 Å². The first-order valence-electron chi connectivity index (χ1n) is 5.27. The SMILES string of the molecule is CCOC(=O)N[C@H](N1CCOCC1)C(Cl)(Cl)Cl. The fourth-order valence-electron chi connectivity index (χ4n) is 1.50. The summed E-state index contributed by atoms with van der Waals surface area (Å²) in [6, 6.07) is 0. The summed E-state index contributed by atoms with van der Waals surface area (Å²) in [5.74, 6) is 0. The first-order valence-corrected chi connectivity index (χ1v) is 6.40. The molecule has 1 aliphatic heterocycles. The molecule has 1 heterocycles. The third-order valence-corrected chi connectivity index (χ3v) is 2.87. The van der Waals surface area contributed by atoms with Crippen LogP contribution in [0.4, 0.5) is 4.79 Å². The lowest BCUT2D eigenvalue weighted by atomic mass is 10.3. The monoisotopic (exact) mass is 304 g/mol. The third kappa shape index (κ3) is 5.06. The van der Waals surface area contributed by atoms with Crippen molar-refractivity contribution in [2.24, 2.45) is 0 Å². The Morgan fingerprint density at radius 3 is 2.53 bits per heavy atom. The van der Waals surface area contributed by atoms with Crippen LogP contribution in [0.5, 0.6) is 0 Å². The van der Waals surface area contributed by atoms with Gasteiger partial charge < -0.3 is 14.8 Å². The highest BCUT2D eigenvalue weighted by molar-refractivity contribution is 6.68. The lowest BCUT2D eigenvalue weighted by Crippen LogP contribution is -2.58. The van der Waals surface area contributed by atoms with Crippen LogP contribution in [-0.4, -0.2) is 53.9 Å². The molecule has 100 valence electrons. The highest BCUT2D eigenvalue weighted by atomic mass is 35.6. The van der Waals surface area contributed by atoms with E-state index >= 15 is 0 Å². The minimum atomic E-state index is -1.62. The molecular formula is C9H15Cl3N2O3. The number of alkyl carbamates (subject to hydrolysis) is 1. The van der Waals surface area contributed by atoms with Gasteiger partial charge in [-0.15, -0.1) is 0 Å². The summed E-state index contributed by atoms with van der Waals surface area (Å²) in [7, 11) is 0. The largest absolute Gasteiger partial charge is 0.450 e. The van der Waals surface area contributed by atoms with Crippen LogP contribution in [0.2, 0.25) is 0 Å². The van der Waals surface area contributed by atoms with Crippen molar-refractivity contribution in [2.75, 3.05) is 32.9 Å². The number of alkyl halides is 3. The summed E-state index contributed by atoms with van der Waals surface area (Å²) in [5.41, 5.74) is 0. The summed E-state index contributed by atoms with van der Waals surface area (Å²) in [6.45, 7) is 4.24. The molecule has 17 heavy (non-hydrogen) atoms. The Kier molecular flexibility index (Phi) is 6.09. The summed E-state index contributed by atoms with van der Waals surface area (Å²) >= 11 is 17.6. The number of halogens is 3. The van der Waals surface area contributed by atoms with Crippen LogP contribution in [0.25, 0.3) is 0 Å². The zero-order valence-electron chi connectivity index (χ0n) is 9.42. The molecule has 0 radical (unpaired) electrons. The number of amides is 1. The molecule has 0 aliphatic carbocycles. The zero-order chi connectivity index (χ0) is 12.9. The van der Waals surface area contributed by atoms with Crippen molar-refractivity contribution >= 4 is 40.9 Å². The van der Waals surface area contributed by atoms with Gasteiger partial charge in [0.25, 0.3) is 0 Å². The molecule has 0 spiro atoms. The number of carbonyl (C=O) groups is 1. The van der Waals surface area contributed by atoms with Gasteiger partial charge in [-0.1, -0.05) is 34.8 Å². The number of nitrogens with zero attached hydrogens (tertiary/aromatic N) is 1. The van der Waals surface area contributed by atoms with Crippen molar-refractivity contribution in [1.82, 2.24) is 10.2 Å². The van der Waals surface area contributed by atoms with Crippen LogP contribution in [0.15, 0.2) is 0 Å². The van der Waals surface area contributed by atoms with Gasteiger partial charge in [-0.2, -0.15) is 0 Å². The second-order valence-electron chi connectivity index (χ2n) is 3.46. The van der Waals surface area contributed by atoms with E-state index in [0.29, 0.717) is 26.3 Å². The molecule has 1 N–H and O–H groups in total. The quantitative estimate of drug-likeness (QED) is 0.807. The summed E-state index contributed by atoms with van der Waals surface area (Å²) in [4.78, 5) is 13.2. The Morgan fingerprint density at radius 1 is 1.47 bits per heavy atom. The van der Waals surface area contributed by atoms with Crippen molar-refractivity contribution < 1.29 is 14.3 Å². The van der Waals surface area contributed by atoms with Crippen LogP contribution in [-0.2, 0) is 9.47 Å². The molecule has 1 atom stereocenters. The number of ether oxygens (including phenoxy) is 2. The number of nitrogens with one attached hydrogen (secondary N) is 1. The molecule has 0 unspecified atom stereocenters. The molecule has 1 rings (SSSR count). The van der Waals surface area contributed by atoms with Crippen LogP contribution in [0, 0.1) is 0 Å². The number of morpholine rings is 1. The molecule has 1 aliphatic rings. The van der Waals surface area contributed by atoms with Gasteiger partial charge in [-0.3, -0.25) is 4.90 Å². The minimum Gasteiger partial charge on any atom is -0.450 e. The van der Waals surface area contributed by atoms with Crippen molar-refractivity contribution in [3.05, 3.63) is 0 Å². The maximum absolute atomic E-state index is 11.4. The van der Waals surface area contributed by atoms with Crippen molar-refractivity contribution in [3.63, 3.8) is 0 Å². The highest BCUT2D eigenvalue weighted by Gasteiger charge is 2.39. The first kappa shape index (κ1) is 15.1. The Morgan fingerprint density at radius 2 is 2.06 bits per heavy atom. The molecule has 0 saturated carbocycles. The fourth-order valence-corrected chi connectivity index (χ4v) is 2.08. The highest BCUT2D eigenvalue weighted by Crippen LogP contribution is 2.32. The minimum absolute atomic E-state index is 0.265. The number of hydrogen-bond donors (Lipinski definition) is 1. The zero-order valence-corrected chi connectivity index (χ0v) is 11.7. The molecular weight excluding hydrogens is 290 g/mol. The standard InChI is InChI=1S/C9H15Cl3N2O3/c1-2-17-8(15)13-7(9(10,11)12)14-3-5-16-6-4-14/h7H,2-6H2,1H3,(H,13,15)/t7-/m1/s1. The fraction of sp³-hybridized carbons (Fsp3) is 0.889. The van der Waals surface area contributed by atoms with E-state index in [-0.39, 0.29) is 6.61 Å². The summed E-state index contributed by atoms with van der Waals surface area (Å²) in [5, 5.41) is 2.54. The topological polar surface area (TPSA) is 50.8 Å². The Labute approximate surface area is 115 Å². The van der Waals surface area contributed by atoms with Gasteiger partial charge >= 0.3 is 6.09 Å². The van der Waals surface area contributed by atoms with E-state index in [4.69, 9.17) is 44.3 Å². The normalized spacial score (nSPS) is 19.8. The average Bonchev–Trinajstić information content (AvgIpc) is 2.26. The molecule has 0 aromatic heterocycles. The molecule has 5 nitrogen and oxygen atoms in total. The molecule has 1 amide bonds. The van der Waals surface area contributed by atoms with Crippen molar-refractivity contribution in [1.29, 1.82) is 0 Å². The van der Waals surface area contributed by atoms with E-state index in [1.807, 2.05) is 4.90 Å². The van der Waals surface area contributed by atoms with E-state index in [0.717, 1.165) is 0 Å². The van der Waals surface area contributed by atoms with Crippen molar-refractivity contribution in [2.45, 2.75) is 16.9 Å². The molecule has 1 saturated heterocycles. The number of hydrogen-bond acceptors (Lipinski definition) is 4. The smallest absolute Gasteiger partial charge is 0.408 e. The Hall–Kier alpha value is 0.0600. The maximum Gasteiger partial charge on any atom is 0.408 e. The lowest BCUT2D eigenvalue weighted by molar-refractivity contribution is 0.00918. The first-order chi connectivity index (χ1) is 7.95. The molecule has 0 bridgehead atoms. The molecule has 0 aromatic carbocycles. The van der Waals surface area contributed by atoms with E-state index in [9.17, 15) is 4.79 Å². The number of carbonyl (C=O) groups excluding carboxylic acids is 1. The third-order valence-electron chi connectivity index (χ3n) is 2.25. The lowest BCUT2D eigenvalue weighted by Gasteiger charge is -2.37. The van der Waals surface area contributed by atoms with Gasteiger partial charge in [-0.25, -0.2) is 4.79 Å². The van der Waals surface area contributed by atoms with Crippen LogP contribution in [0.3, 0.4) is 0 Å². The average molecular weight is 306 g/mol. The molecule has 1 fully saturated rings. The van der Waals surface area contributed by atoms with E-state index in [1.165, 1.54) is 0 Å².